The lowest BCUT2D eigenvalue weighted by molar-refractivity contribution is 0.0727. The van der Waals surface area contributed by atoms with Gasteiger partial charge in [-0.2, -0.15) is 0 Å². The summed E-state index contributed by atoms with van der Waals surface area (Å²) in [6.45, 7) is 6.03. The van der Waals surface area contributed by atoms with Crippen molar-refractivity contribution in [2.24, 2.45) is 0 Å². The Morgan fingerprint density at radius 2 is 1.28 bits per heavy atom. The molecule has 2 aromatic rings. The molecule has 0 bridgehead atoms. The average Bonchev–Trinajstić information content (AvgIpc) is 2.70. The van der Waals surface area contributed by atoms with Crippen LogP contribution in [0.3, 0.4) is 0 Å². The van der Waals surface area contributed by atoms with Crippen molar-refractivity contribution in [1.29, 1.82) is 0 Å². The zero-order valence-corrected chi connectivity index (χ0v) is 15.2. The molecule has 1 saturated heterocycles. The predicted octanol–water partition coefficient (Wildman–Crippen LogP) is 4.53. The first-order valence-electron chi connectivity index (χ1n) is 9.94. The first kappa shape index (κ1) is 16.8. The van der Waals surface area contributed by atoms with Crippen molar-refractivity contribution in [3.05, 3.63) is 71.8 Å². The van der Waals surface area contributed by atoms with E-state index in [1.165, 1.54) is 57.4 Å². The van der Waals surface area contributed by atoms with Crippen LogP contribution in [0.15, 0.2) is 60.7 Å². The van der Waals surface area contributed by atoms with E-state index in [1.807, 2.05) is 0 Å². The highest BCUT2D eigenvalue weighted by Gasteiger charge is 2.28. The second-order valence-corrected chi connectivity index (χ2v) is 7.71. The molecule has 0 unspecified atom stereocenters. The highest BCUT2D eigenvalue weighted by atomic mass is 15.3. The largest absolute Gasteiger partial charge is 0.298 e. The third-order valence-corrected chi connectivity index (χ3v) is 6.14. The number of piperazine rings is 1. The van der Waals surface area contributed by atoms with Crippen LogP contribution in [0.4, 0.5) is 0 Å². The Balaban J connectivity index is 1.24. The summed E-state index contributed by atoms with van der Waals surface area (Å²) in [5.41, 5.74) is 2.99. The molecule has 0 atom stereocenters. The topological polar surface area (TPSA) is 6.48 Å². The Labute approximate surface area is 152 Å². The van der Waals surface area contributed by atoms with Crippen molar-refractivity contribution < 1.29 is 0 Å². The molecule has 1 aliphatic carbocycles. The maximum atomic E-state index is 2.77. The zero-order valence-electron chi connectivity index (χ0n) is 15.2. The van der Waals surface area contributed by atoms with E-state index in [1.54, 1.807) is 5.56 Å². The minimum atomic E-state index is 0.789. The van der Waals surface area contributed by atoms with E-state index in [0.717, 1.165) is 18.5 Å². The van der Waals surface area contributed by atoms with Crippen LogP contribution < -0.4 is 0 Å². The van der Waals surface area contributed by atoms with E-state index in [9.17, 15) is 0 Å². The van der Waals surface area contributed by atoms with E-state index in [4.69, 9.17) is 0 Å². The van der Waals surface area contributed by atoms with Gasteiger partial charge < -0.3 is 0 Å². The number of hydrogen-bond donors (Lipinski definition) is 0. The number of rotatable bonds is 4. The molecule has 25 heavy (non-hydrogen) atoms. The van der Waals surface area contributed by atoms with Gasteiger partial charge in [-0.3, -0.25) is 9.80 Å². The summed E-state index contributed by atoms with van der Waals surface area (Å²) < 4.78 is 0. The second kappa shape index (κ2) is 8.16. The van der Waals surface area contributed by atoms with Crippen molar-refractivity contribution in [3.63, 3.8) is 0 Å². The molecule has 132 valence electrons. The SMILES string of the molecule is c1ccc(CN2CCN(C3CCC(c4ccccc4)CC3)CC2)cc1. The molecule has 4 rings (SSSR count). The van der Waals surface area contributed by atoms with Gasteiger partial charge in [-0.05, 0) is 42.7 Å². The normalized spacial score (nSPS) is 25.8. The molecule has 0 N–H and O–H groups in total. The molecule has 1 aliphatic heterocycles. The van der Waals surface area contributed by atoms with Gasteiger partial charge in [0.1, 0.15) is 0 Å². The van der Waals surface area contributed by atoms with Crippen molar-refractivity contribution in [3.8, 4) is 0 Å². The zero-order chi connectivity index (χ0) is 16.9. The fourth-order valence-electron chi connectivity index (χ4n) is 4.63. The Kier molecular flexibility index (Phi) is 5.49. The molecule has 0 aromatic heterocycles. The molecular weight excluding hydrogens is 304 g/mol. The quantitative estimate of drug-likeness (QED) is 0.810. The van der Waals surface area contributed by atoms with Gasteiger partial charge in [-0.25, -0.2) is 0 Å². The number of nitrogens with zero attached hydrogens (tertiary/aromatic N) is 2. The lowest BCUT2D eigenvalue weighted by atomic mass is 9.81. The Hall–Kier alpha value is -1.64. The molecular formula is C23H30N2. The van der Waals surface area contributed by atoms with Crippen molar-refractivity contribution in [2.45, 2.75) is 44.2 Å². The van der Waals surface area contributed by atoms with E-state index in [0.29, 0.717) is 0 Å². The third-order valence-electron chi connectivity index (χ3n) is 6.14. The summed E-state index contributed by atoms with van der Waals surface area (Å²) in [4.78, 5) is 5.38. The molecule has 2 fully saturated rings. The second-order valence-electron chi connectivity index (χ2n) is 7.71. The van der Waals surface area contributed by atoms with Crippen molar-refractivity contribution >= 4 is 0 Å². The summed E-state index contributed by atoms with van der Waals surface area (Å²) in [5.74, 6) is 0.789. The summed E-state index contributed by atoms with van der Waals surface area (Å²) >= 11 is 0. The average molecular weight is 335 g/mol. The lowest BCUT2D eigenvalue weighted by Gasteiger charge is -2.42. The summed E-state index contributed by atoms with van der Waals surface area (Å²) in [5, 5.41) is 0. The van der Waals surface area contributed by atoms with Gasteiger partial charge >= 0.3 is 0 Å². The first-order chi connectivity index (χ1) is 12.4. The van der Waals surface area contributed by atoms with Crippen LogP contribution in [0.1, 0.15) is 42.7 Å². The highest BCUT2D eigenvalue weighted by Crippen LogP contribution is 2.34. The smallest absolute Gasteiger partial charge is 0.0234 e. The molecule has 0 amide bonds. The predicted molar refractivity (Wildman–Crippen MR) is 105 cm³/mol. The van der Waals surface area contributed by atoms with E-state index in [-0.39, 0.29) is 0 Å². The Bertz CT molecular complexity index is 624. The van der Waals surface area contributed by atoms with Crippen LogP contribution in [0, 0.1) is 0 Å². The molecule has 2 heteroatoms. The van der Waals surface area contributed by atoms with Crippen LogP contribution in [0.5, 0.6) is 0 Å². The van der Waals surface area contributed by atoms with Crippen molar-refractivity contribution in [2.75, 3.05) is 26.2 Å². The van der Waals surface area contributed by atoms with Crippen molar-refractivity contribution in [1.82, 2.24) is 9.80 Å². The van der Waals surface area contributed by atoms with Gasteiger partial charge in [0.15, 0.2) is 0 Å². The van der Waals surface area contributed by atoms with Gasteiger partial charge in [0, 0.05) is 38.8 Å². The lowest BCUT2D eigenvalue weighted by Crippen LogP contribution is -2.50. The van der Waals surface area contributed by atoms with Crippen LogP contribution in [0.2, 0.25) is 0 Å². The summed E-state index contributed by atoms with van der Waals surface area (Å²) in [6.07, 6.45) is 5.47. The summed E-state index contributed by atoms with van der Waals surface area (Å²) in [7, 11) is 0. The molecule has 0 spiro atoms. The fraction of sp³-hybridized carbons (Fsp3) is 0.478. The molecule has 1 saturated carbocycles. The number of benzene rings is 2. The van der Waals surface area contributed by atoms with Gasteiger partial charge in [0.2, 0.25) is 0 Å². The minimum absolute atomic E-state index is 0.789. The maximum Gasteiger partial charge on any atom is 0.0234 e. The fourth-order valence-corrected chi connectivity index (χ4v) is 4.63. The monoisotopic (exact) mass is 334 g/mol. The third kappa shape index (κ3) is 4.31. The van der Waals surface area contributed by atoms with E-state index < -0.39 is 0 Å². The molecule has 2 nitrogen and oxygen atoms in total. The first-order valence-corrected chi connectivity index (χ1v) is 9.94. The Morgan fingerprint density at radius 1 is 0.680 bits per heavy atom. The van der Waals surface area contributed by atoms with Gasteiger partial charge in [-0.15, -0.1) is 0 Å². The van der Waals surface area contributed by atoms with Crippen LogP contribution in [-0.4, -0.2) is 42.0 Å². The van der Waals surface area contributed by atoms with Gasteiger partial charge in [0.05, 0.1) is 0 Å². The van der Waals surface area contributed by atoms with Gasteiger partial charge in [-0.1, -0.05) is 60.7 Å². The van der Waals surface area contributed by atoms with E-state index in [2.05, 4.69) is 70.5 Å². The van der Waals surface area contributed by atoms with Crippen LogP contribution in [-0.2, 0) is 6.54 Å². The van der Waals surface area contributed by atoms with Gasteiger partial charge in [0.25, 0.3) is 0 Å². The molecule has 1 heterocycles. The number of hydrogen-bond acceptors (Lipinski definition) is 2. The highest BCUT2D eigenvalue weighted by molar-refractivity contribution is 5.20. The Morgan fingerprint density at radius 3 is 1.92 bits per heavy atom. The van der Waals surface area contributed by atoms with Crippen LogP contribution in [0.25, 0.3) is 0 Å². The summed E-state index contributed by atoms with van der Waals surface area (Å²) in [6, 6.07) is 22.8. The van der Waals surface area contributed by atoms with Crippen LogP contribution >= 0.6 is 0 Å². The van der Waals surface area contributed by atoms with E-state index >= 15 is 0 Å². The molecule has 2 aromatic carbocycles. The minimum Gasteiger partial charge on any atom is -0.298 e. The molecule has 2 aliphatic rings. The standard InChI is InChI=1S/C23H30N2/c1-3-7-20(8-4-1)19-24-15-17-25(18-16-24)23-13-11-22(12-14-23)21-9-5-2-6-10-21/h1-10,22-23H,11-19H2. The maximum absolute atomic E-state index is 2.77. The molecule has 0 radical (unpaired) electrons.